The molecule has 0 atom stereocenters. The molecule has 1 aliphatic heterocycles. The van der Waals surface area contributed by atoms with E-state index in [0.717, 1.165) is 18.8 Å². The molecule has 5 nitrogen and oxygen atoms in total. The summed E-state index contributed by atoms with van der Waals surface area (Å²) < 4.78 is 0. The number of rotatable bonds is 5. The number of anilines is 3. The van der Waals surface area contributed by atoms with Gasteiger partial charge in [-0.2, -0.15) is 0 Å². The second-order valence-electron chi connectivity index (χ2n) is 6.33. The molecule has 25 heavy (non-hydrogen) atoms. The number of benzene rings is 1. The standard InChI is InChI=1S/C19H23ClN4O/c1-23(18-10-5-15(20)13-21-18)14-19(25)22-16-6-8-17(9-7-16)24-11-3-2-4-12-24/h5-10,13H,2-4,11-12,14H2,1H3,(H,22,25). The van der Waals surface area contributed by atoms with Crippen molar-refractivity contribution in [3.05, 3.63) is 47.6 Å². The topological polar surface area (TPSA) is 48.5 Å². The van der Waals surface area contributed by atoms with Crippen molar-refractivity contribution in [3.8, 4) is 0 Å². The zero-order valence-corrected chi connectivity index (χ0v) is 15.2. The lowest BCUT2D eigenvalue weighted by Crippen LogP contribution is -2.30. The van der Waals surface area contributed by atoms with Crippen LogP contribution >= 0.6 is 11.6 Å². The summed E-state index contributed by atoms with van der Waals surface area (Å²) in [6.07, 6.45) is 5.40. The summed E-state index contributed by atoms with van der Waals surface area (Å²) in [5, 5.41) is 3.51. The van der Waals surface area contributed by atoms with Crippen LogP contribution in [0.3, 0.4) is 0 Å². The minimum absolute atomic E-state index is 0.0787. The SMILES string of the molecule is CN(CC(=O)Nc1ccc(N2CCCCC2)cc1)c1ccc(Cl)cn1. The minimum atomic E-state index is -0.0787. The highest BCUT2D eigenvalue weighted by Gasteiger charge is 2.12. The van der Waals surface area contributed by atoms with Gasteiger partial charge in [0.15, 0.2) is 0 Å². The molecule has 1 amide bonds. The molecule has 2 aromatic rings. The number of hydrogen-bond acceptors (Lipinski definition) is 4. The molecule has 1 aromatic heterocycles. The van der Waals surface area contributed by atoms with Crippen LogP contribution in [0.4, 0.5) is 17.2 Å². The van der Waals surface area contributed by atoms with Crippen LogP contribution in [0, 0.1) is 0 Å². The third-order valence-electron chi connectivity index (χ3n) is 4.36. The van der Waals surface area contributed by atoms with E-state index in [1.807, 2.05) is 19.2 Å². The fourth-order valence-electron chi connectivity index (χ4n) is 3.00. The molecule has 0 bridgehead atoms. The second-order valence-corrected chi connectivity index (χ2v) is 6.77. The van der Waals surface area contributed by atoms with Crippen molar-refractivity contribution in [1.82, 2.24) is 4.98 Å². The summed E-state index contributed by atoms with van der Waals surface area (Å²) >= 11 is 5.83. The van der Waals surface area contributed by atoms with E-state index < -0.39 is 0 Å². The summed E-state index contributed by atoms with van der Waals surface area (Å²) in [6, 6.07) is 11.6. The molecule has 0 saturated carbocycles. The number of halogens is 1. The van der Waals surface area contributed by atoms with E-state index in [4.69, 9.17) is 11.6 Å². The van der Waals surface area contributed by atoms with Crippen molar-refractivity contribution in [2.75, 3.05) is 41.8 Å². The van der Waals surface area contributed by atoms with E-state index in [0.29, 0.717) is 10.8 Å². The lowest BCUT2D eigenvalue weighted by atomic mass is 10.1. The van der Waals surface area contributed by atoms with Gasteiger partial charge in [0.2, 0.25) is 5.91 Å². The number of nitrogens with one attached hydrogen (secondary N) is 1. The van der Waals surface area contributed by atoms with Crippen molar-refractivity contribution in [2.24, 2.45) is 0 Å². The van der Waals surface area contributed by atoms with E-state index in [2.05, 4.69) is 27.3 Å². The monoisotopic (exact) mass is 358 g/mol. The summed E-state index contributed by atoms with van der Waals surface area (Å²) in [4.78, 5) is 20.6. The van der Waals surface area contributed by atoms with Gasteiger partial charge in [0, 0.05) is 37.7 Å². The maximum atomic E-state index is 12.2. The summed E-state index contributed by atoms with van der Waals surface area (Å²) in [5.41, 5.74) is 2.03. The average Bonchev–Trinajstić information content (AvgIpc) is 2.63. The molecule has 1 N–H and O–H groups in total. The molecule has 3 rings (SSSR count). The zero-order valence-electron chi connectivity index (χ0n) is 14.4. The van der Waals surface area contributed by atoms with Crippen LogP contribution in [0.5, 0.6) is 0 Å². The van der Waals surface area contributed by atoms with Crippen molar-refractivity contribution >= 4 is 34.7 Å². The molecule has 0 spiro atoms. The van der Waals surface area contributed by atoms with Gasteiger partial charge in [-0.05, 0) is 55.7 Å². The number of nitrogens with zero attached hydrogens (tertiary/aromatic N) is 3. The van der Waals surface area contributed by atoms with Crippen molar-refractivity contribution in [3.63, 3.8) is 0 Å². The highest BCUT2D eigenvalue weighted by atomic mass is 35.5. The lowest BCUT2D eigenvalue weighted by Gasteiger charge is -2.28. The van der Waals surface area contributed by atoms with E-state index in [1.54, 1.807) is 23.2 Å². The first-order valence-corrected chi connectivity index (χ1v) is 8.97. The van der Waals surface area contributed by atoms with Crippen LogP contribution < -0.4 is 15.1 Å². The number of aromatic nitrogens is 1. The Hall–Kier alpha value is -2.27. The molecule has 6 heteroatoms. The first-order chi connectivity index (χ1) is 12.1. The smallest absolute Gasteiger partial charge is 0.243 e. The molecule has 1 saturated heterocycles. The van der Waals surface area contributed by atoms with Gasteiger partial charge in [-0.1, -0.05) is 11.6 Å². The number of carbonyl (C=O) groups is 1. The Morgan fingerprint density at radius 1 is 1.16 bits per heavy atom. The van der Waals surface area contributed by atoms with Crippen molar-refractivity contribution < 1.29 is 4.79 Å². The zero-order chi connectivity index (χ0) is 17.6. The molecular weight excluding hydrogens is 336 g/mol. The van der Waals surface area contributed by atoms with Gasteiger partial charge in [0.05, 0.1) is 11.6 Å². The summed E-state index contributed by atoms with van der Waals surface area (Å²) in [7, 11) is 1.83. The molecule has 1 fully saturated rings. The third kappa shape index (κ3) is 4.86. The highest BCUT2D eigenvalue weighted by molar-refractivity contribution is 6.30. The minimum Gasteiger partial charge on any atom is -0.372 e. The Balaban J connectivity index is 1.54. The molecule has 0 aliphatic carbocycles. The number of piperidine rings is 1. The first-order valence-electron chi connectivity index (χ1n) is 8.59. The van der Waals surface area contributed by atoms with Crippen LogP contribution in [0.2, 0.25) is 5.02 Å². The van der Waals surface area contributed by atoms with Crippen LogP contribution in [0.25, 0.3) is 0 Å². The molecular formula is C19H23ClN4O. The van der Waals surface area contributed by atoms with Gasteiger partial charge >= 0.3 is 0 Å². The van der Waals surface area contributed by atoms with Crippen molar-refractivity contribution in [2.45, 2.75) is 19.3 Å². The van der Waals surface area contributed by atoms with Crippen LogP contribution in [-0.4, -0.2) is 37.6 Å². The predicted molar refractivity (Wildman–Crippen MR) is 104 cm³/mol. The molecule has 132 valence electrons. The Kier molecular flexibility index (Phi) is 5.76. The average molecular weight is 359 g/mol. The number of carbonyl (C=O) groups excluding carboxylic acids is 1. The van der Waals surface area contributed by atoms with Gasteiger partial charge in [-0.25, -0.2) is 4.98 Å². The van der Waals surface area contributed by atoms with Crippen molar-refractivity contribution in [1.29, 1.82) is 0 Å². The largest absolute Gasteiger partial charge is 0.372 e. The van der Waals surface area contributed by atoms with E-state index >= 15 is 0 Å². The molecule has 0 radical (unpaired) electrons. The number of hydrogen-bond donors (Lipinski definition) is 1. The van der Waals surface area contributed by atoms with E-state index in [1.165, 1.54) is 24.9 Å². The van der Waals surface area contributed by atoms with Crippen LogP contribution in [0.1, 0.15) is 19.3 Å². The molecule has 1 aromatic carbocycles. The Morgan fingerprint density at radius 3 is 2.52 bits per heavy atom. The van der Waals surface area contributed by atoms with Gasteiger partial charge in [0.1, 0.15) is 5.82 Å². The maximum Gasteiger partial charge on any atom is 0.243 e. The Morgan fingerprint density at radius 2 is 1.88 bits per heavy atom. The number of likely N-dealkylation sites (N-methyl/N-ethyl adjacent to an activating group) is 1. The second kappa shape index (κ2) is 8.21. The number of pyridine rings is 1. The molecule has 2 heterocycles. The fraction of sp³-hybridized carbons (Fsp3) is 0.368. The predicted octanol–water partition coefficient (Wildman–Crippen LogP) is 3.80. The summed E-state index contributed by atoms with van der Waals surface area (Å²) in [5.74, 6) is 0.630. The third-order valence-corrected chi connectivity index (χ3v) is 4.58. The Labute approximate surface area is 153 Å². The number of amides is 1. The maximum absolute atomic E-state index is 12.2. The quantitative estimate of drug-likeness (QED) is 0.883. The highest BCUT2D eigenvalue weighted by Crippen LogP contribution is 2.22. The van der Waals surface area contributed by atoms with Crippen LogP contribution in [-0.2, 0) is 4.79 Å². The lowest BCUT2D eigenvalue weighted by molar-refractivity contribution is -0.114. The van der Waals surface area contributed by atoms with Gasteiger partial charge in [-0.3, -0.25) is 4.79 Å². The van der Waals surface area contributed by atoms with Gasteiger partial charge in [-0.15, -0.1) is 0 Å². The first kappa shape index (κ1) is 17.5. The van der Waals surface area contributed by atoms with Gasteiger partial charge < -0.3 is 15.1 Å². The fourth-order valence-corrected chi connectivity index (χ4v) is 3.11. The van der Waals surface area contributed by atoms with E-state index in [9.17, 15) is 4.79 Å². The molecule has 0 unspecified atom stereocenters. The summed E-state index contributed by atoms with van der Waals surface area (Å²) in [6.45, 7) is 2.46. The van der Waals surface area contributed by atoms with Gasteiger partial charge in [0.25, 0.3) is 0 Å². The molecule has 1 aliphatic rings. The normalized spacial score (nSPS) is 14.2. The van der Waals surface area contributed by atoms with E-state index in [-0.39, 0.29) is 12.5 Å². The Bertz CT molecular complexity index is 696. The van der Waals surface area contributed by atoms with Crippen LogP contribution in [0.15, 0.2) is 42.6 Å².